The minimum atomic E-state index is -0.562. The number of esters is 1. The molecular weight excluding hydrogens is 260 g/mol. The first-order valence-corrected chi connectivity index (χ1v) is 6.45. The van der Waals surface area contributed by atoms with Crippen LogP contribution in [-0.2, 0) is 14.3 Å². The molecule has 3 aliphatic rings. The van der Waals surface area contributed by atoms with Crippen molar-refractivity contribution in [3.8, 4) is 0 Å². The SMILES string of the molecule is COC(=O)C1=C[C@@H]2[C@@H]3C=CC=C[C@@H]3N[C@@H]2N1C(=O)OC. The molecular formula is C14H16N2O4. The van der Waals surface area contributed by atoms with E-state index >= 15 is 0 Å². The lowest BCUT2D eigenvalue weighted by atomic mass is 9.87. The fraction of sp³-hybridized carbons (Fsp3) is 0.429. The number of nitrogens with zero attached hydrogens (tertiary/aromatic N) is 1. The van der Waals surface area contributed by atoms with Gasteiger partial charge in [0.05, 0.1) is 20.4 Å². The fourth-order valence-corrected chi connectivity index (χ4v) is 3.12. The average molecular weight is 276 g/mol. The highest BCUT2D eigenvalue weighted by molar-refractivity contribution is 5.93. The lowest BCUT2D eigenvalue weighted by molar-refractivity contribution is -0.137. The molecule has 1 fully saturated rings. The summed E-state index contributed by atoms with van der Waals surface area (Å²) in [5, 5.41) is 3.36. The second kappa shape index (κ2) is 4.79. The van der Waals surface area contributed by atoms with Crippen molar-refractivity contribution >= 4 is 12.1 Å². The van der Waals surface area contributed by atoms with Gasteiger partial charge >= 0.3 is 12.1 Å². The van der Waals surface area contributed by atoms with Gasteiger partial charge in [0.25, 0.3) is 0 Å². The molecule has 2 aliphatic heterocycles. The van der Waals surface area contributed by atoms with Gasteiger partial charge < -0.3 is 9.47 Å². The van der Waals surface area contributed by atoms with Crippen molar-refractivity contribution in [2.75, 3.05) is 14.2 Å². The van der Waals surface area contributed by atoms with Crippen molar-refractivity contribution in [3.05, 3.63) is 36.1 Å². The molecule has 0 aromatic rings. The molecule has 1 amide bonds. The Bertz CT molecular complexity index is 537. The summed E-state index contributed by atoms with van der Waals surface area (Å²) in [6.45, 7) is 0. The van der Waals surface area contributed by atoms with E-state index in [1.165, 1.54) is 19.1 Å². The number of carbonyl (C=O) groups excluding carboxylic acids is 2. The molecule has 0 aromatic carbocycles. The topological polar surface area (TPSA) is 67.9 Å². The molecule has 0 saturated carbocycles. The molecule has 6 nitrogen and oxygen atoms in total. The van der Waals surface area contributed by atoms with Crippen LogP contribution >= 0.6 is 0 Å². The van der Waals surface area contributed by atoms with Gasteiger partial charge in [-0.15, -0.1) is 0 Å². The number of rotatable bonds is 1. The van der Waals surface area contributed by atoms with E-state index in [1.54, 1.807) is 6.08 Å². The summed E-state index contributed by atoms with van der Waals surface area (Å²) in [5.74, 6) is -0.271. The highest BCUT2D eigenvalue weighted by Gasteiger charge is 2.51. The van der Waals surface area contributed by atoms with Gasteiger partial charge in [0.1, 0.15) is 5.70 Å². The zero-order valence-corrected chi connectivity index (χ0v) is 11.3. The lowest BCUT2D eigenvalue weighted by Gasteiger charge is -2.25. The van der Waals surface area contributed by atoms with E-state index in [1.807, 2.05) is 12.2 Å². The van der Waals surface area contributed by atoms with Crippen LogP contribution in [0.3, 0.4) is 0 Å². The first kappa shape index (κ1) is 12.9. The maximum atomic E-state index is 12.0. The van der Waals surface area contributed by atoms with E-state index in [2.05, 4.69) is 17.5 Å². The Morgan fingerprint density at radius 2 is 1.90 bits per heavy atom. The summed E-state index contributed by atoms with van der Waals surface area (Å²) < 4.78 is 9.53. The Kier molecular flexibility index (Phi) is 3.10. The van der Waals surface area contributed by atoms with Crippen LogP contribution in [0.4, 0.5) is 4.79 Å². The molecule has 4 atom stereocenters. The molecule has 1 saturated heterocycles. The molecule has 2 heterocycles. The number of methoxy groups -OCH3 is 2. The number of carbonyl (C=O) groups is 2. The Morgan fingerprint density at radius 3 is 2.60 bits per heavy atom. The van der Waals surface area contributed by atoms with Crippen LogP contribution in [-0.4, -0.2) is 43.4 Å². The van der Waals surface area contributed by atoms with Gasteiger partial charge in [-0.3, -0.25) is 10.2 Å². The monoisotopic (exact) mass is 276 g/mol. The van der Waals surface area contributed by atoms with Crippen molar-refractivity contribution in [2.45, 2.75) is 12.2 Å². The van der Waals surface area contributed by atoms with Crippen molar-refractivity contribution in [2.24, 2.45) is 11.8 Å². The summed E-state index contributed by atoms with van der Waals surface area (Å²) in [6, 6.07) is 0.164. The Labute approximate surface area is 116 Å². The van der Waals surface area contributed by atoms with Gasteiger partial charge in [0, 0.05) is 17.9 Å². The number of ether oxygens (including phenoxy) is 2. The van der Waals surface area contributed by atoms with E-state index < -0.39 is 12.1 Å². The van der Waals surface area contributed by atoms with Gasteiger partial charge in [0.2, 0.25) is 0 Å². The second-order valence-electron chi connectivity index (χ2n) is 4.95. The molecule has 6 heteroatoms. The van der Waals surface area contributed by atoms with Crippen LogP contribution in [0.25, 0.3) is 0 Å². The van der Waals surface area contributed by atoms with Crippen molar-refractivity contribution < 1.29 is 19.1 Å². The van der Waals surface area contributed by atoms with Crippen LogP contribution in [0.2, 0.25) is 0 Å². The minimum Gasteiger partial charge on any atom is -0.464 e. The van der Waals surface area contributed by atoms with E-state index in [9.17, 15) is 9.59 Å². The fourth-order valence-electron chi connectivity index (χ4n) is 3.12. The van der Waals surface area contributed by atoms with E-state index in [0.717, 1.165) is 0 Å². The molecule has 0 unspecified atom stereocenters. The minimum absolute atomic E-state index is 0.0365. The molecule has 106 valence electrons. The highest BCUT2D eigenvalue weighted by Crippen LogP contribution is 2.40. The third kappa shape index (κ3) is 1.76. The van der Waals surface area contributed by atoms with E-state index in [-0.39, 0.29) is 29.7 Å². The van der Waals surface area contributed by atoms with Crippen LogP contribution in [0, 0.1) is 11.8 Å². The maximum absolute atomic E-state index is 12.0. The van der Waals surface area contributed by atoms with Crippen molar-refractivity contribution in [1.29, 1.82) is 0 Å². The van der Waals surface area contributed by atoms with E-state index in [0.29, 0.717) is 0 Å². The largest absolute Gasteiger partial charge is 0.464 e. The third-order valence-corrected chi connectivity index (χ3v) is 4.00. The normalized spacial score (nSPS) is 33.5. The van der Waals surface area contributed by atoms with Crippen molar-refractivity contribution in [1.82, 2.24) is 10.2 Å². The number of hydrogen-bond donors (Lipinski definition) is 1. The molecule has 20 heavy (non-hydrogen) atoms. The van der Waals surface area contributed by atoms with Gasteiger partial charge in [-0.1, -0.05) is 24.3 Å². The number of allylic oxidation sites excluding steroid dienone is 2. The number of amides is 1. The molecule has 0 aromatic heterocycles. The molecule has 1 aliphatic carbocycles. The smallest absolute Gasteiger partial charge is 0.415 e. The van der Waals surface area contributed by atoms with Crippen molar-refractivity contribution in [3.63, 3.8) is 0 Å². The summed E-state index contributed by atoms with van der Waals surface area (Å²) in [4.78, 5) is 25.2. The highest BCUT2D eigenvalue weighted by atomic mass is 16.5. The van der Waals surface area contributed by atoms with Gasteiger partial charge in [-0.2, -0.15) is 0 Å². The standard InChI is InChI=1S/C14H16N2O4/c1-19-13(17)11-7-9-8-5-3-4-6-10(8)15-12(9)16(11)14(18)20-2/h3-10,12,15H,1-2H3/t8-,9+,10-,12+/m0/s1. The Balaban J connectivity index is 1.96. The van der Waals surface area contributed by atoms with E-state index in [4.69, 9.17) is 9.47 Å². The third-order valence-electron chi connectivity index (χ3n) is 4.00. The number of hydrogen-bond acceptors (Lipinski definition) is 5. The quantitative estimate of drug-likeness (QED) is 0.717. The molecule has 0 radical (unpaired) electrons. The van der Waals surface area contributed by atoms with Crippen LogP contribution in [0.5, 0.6) is 0 Å². The Morgan fingerprint density at radius 1 is 1.15 bits per heavy atom. The first-order chi connectivity index (χ1) is 9.67. The van der Waals surface area contributed by atoms with Gasteiger partial charge in [-0.25, -0.2) is 9.59 Å². The second-order valence-corrected chi connectivity index (χ2v) is 4.95. The van der Waals surface area contributed by atoms with Crippen LogP contribution in [0.1, 0.15) is 0 Å². The molecule has 3 rings (SSSR count). The number of nitrogens with one attached hydrogen (secondary N) is 1. The average Bonchev–Trinajstić information content (AvgIpc) is 3.01. The Hall–Kier alpha value is -2.08. The summed E-state index contributed by atoms with van der Waals surface area (Å²) in [6.07, 6.45) is 9.07. The molecule has 0 bridgehead atoms. The summed E-state index contributed by atoms with van der Waals surface area (Å²) in [5.41, 5.74) is 0.239. The van der Waals surface area contributed by atoms with Crippen LogP contribution in [0.15, 0.2) is 36.1 Å². The summed E-state index contributed by atoms with van der Waals surface area (Å²) in [7, 11) is 2.60. The van der Waals surface area contributed by atoms with Gasteiger partial charge in [0.15, 0.2) is 0 Å². The predicted molar refractivity (Wildman–Crippen MR) is 70.3 cm³/mol. The molecule has 0 spiro atoms. The first-order valence-electron chi connectivity index (χ1n) is 6.45. The predicted octanol–water partition coefficient (Wildman–Crippen LogP) is 0.782. The lowest BCUT2D eigenvalue weighted by Crippen LogP contribution is -2.47. The summed E-state index contributed by atoms with van der Waals surface area (Å²) >= 11 is 0. The zero-order valence-electron chi connectivity index (χ0n) is 11.3. The zero-order chi connectivity index (χ0) is 14.3. The molecule has 1 N–H and O–H groups in total. The van der Waals surface area contributed by atoms with Gasteiger partial charge in [-0.05, 0) is 6.08 Å². The number of fused-ring (bicyclic) bond motifs is 3. The van der Waals surface area contributed by atoms with Crippen LogP contribution < -0.4 is 5.32 Å². The maximum Gasteiger partial charge on any atom is 0.415 e.